The Morgan fingerprint density at radius 3 is 2.23 bits per heavy atom. The Kier molecular flexibility index (Phi) is 4.64. The highest BCUT2D eigenvalue weighted by atomic mass is 19.4. The van der Waals surface area contributed by atoms with Gasteiger partial charge in [-0.05, 0) is 59.7 Å². The van der Waals surface area contributed by atoms with Gasteiger partial charge >= 0.3 is 6.18 Å². The molecule has 0 unspecified atom stereocenters. The van der Waals surface area contributed by atoms with E-state index in [1.807, 2.05) is 18.2 Å². The first-order chi connectivity index (χ1) is 12.2. The van der Waals surface area contributed by atoms with Gasteiger partial charge in [-0.25, -0.2) is 0 Å². The largest absolute Gasteiger partial charge is 0.457 e. The topological polar surface area (TPSA) is 55.5 Å². The van der Waals surface area contributed by atoms with Crippen LogP contribution in [0.1, 0.15) is 18.1 Å². The fourth-order valence-electron chi connectivity index (χ4n) is 2.61. The Morgan fingerprint density at radius 1 is 0.885 bits per heavy atom. The lowest BCUT2D eigenvalue weighted by Crippen LogP contribution is -2.36. The zero-order chi connectivity index (χ0) is 18.9. The van der Waals surface area contributed by atoms with Gasteiger partial charge in [0.05, 0.1) is 17.7 Å². The quantitative estimate of drug-likeness (QED) is 0.701. The molecule has 3 aromatic carbocycles. The van der Waals surface area contributed by atoms with Crippen LogP contribution >= 0.6 is 0 Å². The number of rotatable bonds is 4. The second-order valence-corrected chi connectivity index (χ2v) is 6.43. The molecule has 0 aromatic heterocycles. The van der Waals surface area contributed by atoms with Crippen molar-refractivity contribution in [1.82, 2.24) is 0 Å². The molecule has 0 aliphatic rings. The van der Waals surface area contributed by atoms with Crippen molar-refractivity contribution in [3.63, 3.8) is 0 Å². The molecule has 0 saturated heterocycles. The van der Waals surface area contributed by atoms with E-state index in [4.69, 9.17) is 10.5 Å². The lowest BCUT2D eigenvalue weighted by atomic mass is 9.92. The summed E-state index contributed by atoms with van der Waals surface area (Å²) >= 11 is 0. The van der Waals surface area contributed by atoms with Gasteiger partial charge in [0.15, 0.2) is 0 Å². The van der Waals surface area contributed by atoms with Gasteiger partial charge in [0, 0.05) is 0 Å². The van der Waals surface area contributed by atoms with Crippen LogP contribution in [0.15, 0.2) is 60.7 Å². The van der Waals surface area contributed by atoms with E-state index in [2.05, 4.69) is 0 Å². The molecular formula is C20H18F3NO2. The van der Waals surface area contributed by atoms with Crippen LogP contribution in [0.2, 0.25) is 0 Å². The van der Waals surface area contributed by atoms with E-state index < -0.39 is 17.3 Å². The van der Waals surface area contributed by atoms with Gasteiger partial charge < -0.3 is 15.6 Å². The van der Waals surface area contributed by atoms with Crippen molar-refractivity contribution in [3.05, 3.63) is 71.8 Å². The fourth-order valence-corrected chi connectivity index (χ4v) is 2.61. The molecule has 3 rings (SSSR count). The smallest absolute Gasteiger partial charge is 0.416 e. The highest BCUT2D eigenvalue weighted by Gasteiger charge is 2.30. The van der Waals surface area contributed by atoms with Gasteiger partial charge in [-0.3, -0.25) is 0 Å². The van der Waals surface area contributed by atoms with E-state index >= 15 is 0 Å². The number of benzene rings is 3. The summed E-state index contributed by atoms with van der Waals surface area (Å²) in [6, 6.07) is 15.5. The first kappa shape index (κ1) is 18.2. The second kappa shape index (κ2) is 6.63. The van der Waals surface area contributed by atoms with Crippen LogP contribution in [0.5, 0.6) is 11.5 Å². The molecule has 6 heteroatoms. The maximum absolute atomic E-state index is 12.8. The van der Waals surface area contributed by atoms with E-state index in [1.165, 1.54) is 12.1 Å². The first-order valence-corrected chi connectivity index (χ1v) is 7.98. The summed E-state index contributed by atoms with van der Waals surface area (Å²) < 4.78 is 44.0. The maximum atomic E-state index is 12.8. The van der Waals surface area contributed by atoms with Crippen molar-refractivity contribution in [2.45, 2.75) is 18.6 Å². The second-order valence-electron chi connectivity index (χ2n) is 6.43. The van der Waals surface area contributed by atoms with E-state index in [0.717, 1.165) is 28.5 Å². The minimum Gasteiger partial charge on any atom is -0.457 e. The Labute approximate surface area is 148 Å². The third kappa shape index (κ3) is 3.81. The Hall–Kier alpha value is -2.57. The number of aliphatic hydroxyl groups is 1. The Morgan fingerprint density at radius 2 is 1.54 bits per heavy atom. The van der Waals surface area contributed by atoms with E-state index in [1.54, 1.807) is 25.1 Å². The van der Waals surface area contributed by atoms with Gasteiger partial charge in [0.25, 0.3) is 0 Å². The minimum atomic E-state index is -4.42. The number of ether oxygens (including phenoxy) is 1. The van der Waals surface area contributed by atoms with Crippen LogP contribution in [0.4, 0.5) is 13.2 Å². The number of hydrogen-bond donors (Lipinski definition) is 2. The summed E-state index contributed by atoms with van der Waals surface area (Å²) in [6.45, 7) is 1.55. The number of nitrogens with two attached hydrogens (primary N) is 1. The van der Waals surface area contributed by atoms with Crippen LogP contribution in [0, 0.1) is 0 Å². The number of aliphatic hydroxyl groups excluding tert-OH is 1. The normalized spacial score (nSPS) is 14.2. The molecule has 0 aliphatic heterocycles. The van der Waals surface area contributed by atoms with Crippen LogP contribution in [0.3, 0.4) is 0 Å². The van der Waals surface area contributed by atoms with Crippen molar-refractivity contribution in [2.24, 2.45) is 5.73 Å². The molecule has 0 aliphatic carbocycles. The van der Waals surface area contributed by atoms with Gasteiger partial charge in [0.1, 0.15) is 11.5 Å². The molecule has 0 amide bonds. The predicted octanol–water partition coefficient (Wildman–Crippen LogP) is 4.82. The van der Waals surface area contributed by atoms with Crippen molar-refractivity contribution < 1.29 is 23.0 Å². The average Bonchev–Trinajstić information content (AvgIpc) is 2.60. The van der Waals surface area contributed by atoms with Crippen molar-refractivity contribution in [3.8, 4) is 11.5 Å². The number of hydrogen-bond acceptors (Lipinski definition) is 3. The third-order valence-corrected chi connectivity index (χ3v) is 4.20. The molecule has 136 valence electrons. The van der Waals surface area contributed by atoms with Gasteiger partial charge in [-0.1, -0.05) is 24.3 Å². The van der Waals surface area contributed by atoms with Crippen LogP contribution in [0.25, 0.3) is 10.8 Å². The molecular weight excluding hydrogens is 343 g/mol. The predicted molar refractivity (Wildman–Crippen MR) is 94.1 cm³/mol. The lowest BCUT2D eigenvalue weighted by Gasteiger charge is -2.22. The van der Waals surface area contributed by atoms with Crippen molar-refractivity contribution in [2.75, 3.05) is 6.61 Å². The van der Waals surface area contributed by atoms with Gasteiger partial charge in [-0.2, -0.15) is 13.2 Å². The summed E-state index contributed by atoms with van der Waals surface area (Å²) in [5.74, 6) is 0.549. The molecule has 3 nitrogen and oxygen atoms in total. The van der Waals surface area contributed by atoms with Crippen LogP contribution < -0.4 is 10.5 Å². The zero-order valence-electron chi connectivity index (χ0n) is 14.0. The van der Waals surface area contributed by atoms with E-state index in [9.17, 15) is 18.3 Å². The first-order valence-electron chi connectivity index (χ1n) is 7.98. The highest BCUT2D eigenvalue weighted by molar-refractivity contribution is 5.84. The molecule has 0 radical (unpaired) electrons. The monoisotopic (exact) mass is 361 g/mol. The molecule has 0 heterocycles. The molecule has 0 saturated carbocycles. The summed E-state index contributed by atoms with van der Waals surface area (Å²) in [5.41, 5.74) is 5.23. The molecule has 3 aromatic rings. The molecule has 0 fully saturated rings. The SMILES string of the molecule is C[C@](N)(CO)c1ccc2cc(Oc3cccc(C(F)(F)F)c3)ccc2c1. The highest BCUT2D eigenvalue weighted by Crippen LogP contribution is 2.33. The summed E-state index contributed by atoms with van der Waals surface area (Å²) in [7, 11) is 0. The summed E-state index contributed by atoms with van der Waals surface area (Å²) in [5, 5.41) is 11.1. The van der Waals surface area contributed by atoms with Gasteiger partial charge in [0.2, 0.25) is 0 Å². The standard InChI is InChI=1S/C20H18F3NO2/c1-19(24,12-25)15-7-5-14-10-18(8-6-13(14)9-15)26-17-4-2-3-16(11-17)20(21,22)23/h2-11,25H,12,24H2,1H3/t19-/m0/s1. The number of fused-ring (bicyclic) bond motifs is 1. The minimum absolute atomic E-state index is 0.116. The number of alkyl halides is 3. The van der Waals surface area contributed by atoms with Crippen LogP contribution in [-0.4, -0.2) is 11.7 Å². The zero-order valence-corrected chi connectivity index (χ0v) is 14.0. The summed E-state index contributed by atoms with van der Waals surface area (Å²) in [4.78, 5) is 0. The number of halogens is 3. The molecule has 26 heavy (non-hydrogen) atoms. The van der Waals surface area contributed by atoms with Crippen molar-refractivity contribution in [1.29, 1.82) is 0 Å². The Balaban J connectivity index is 1.89. The average molecular weight is 361 g/mol. The van der Waals surface area contributed by atoms with Gasteiger partial charge in [-0.15, -0.1) is 0 Å². The fraction of sp³-hybridized carbons (Fsp3) is 0.200. The maximum Gasteiger partial charge on any atom is 0.416 e. The molecule has 0 spiro atoms. The lowest BCUT2D eigenvalue weighted by molar-refractivity contribution is -0.137. The van der Waals surface area contributed by atoms with Crippen LogP contribution in [-0.2, 0) is 11.7 Å². The molecule has 3 N–H and O–H groups in total. The van der Waals surface area contributed by atoms with Crippen molar-refractivity contribution >= 4 is 10.8 Å². The Bertz CT molecular complexity index is 936. The molecule has 0 bridgehead atoms. The molecule has 1 atom stereocenters. The summed E-state index contributed by atoms with van der Waals surface area (Å²) in [6.07, 6.45) is -4.42. The van der Waals surface area contributed by atoms with E-state index in [-0.39, 0.29) is 12.4 Å². The third-order valence-electron chi connectivity index (χ3n) is 4.20. The van der Waals surface area contributed by atoms with E-state index in [0.29, 0.717) is 5.75 Å².